The zero-order valence-corrected chi connectivity index (χ0v) is 10.4. The number of likely N-dealkylation sites (N-methyl/N-ethyl adjacent to an activating group) is 1. The molecule has 1 aliphatic heterocycles. The SMILES string of the molecule is CCC(C)N1CCCC(NC)C1(C)C. The van der Waals surface area contributed by atoms with E-state index in [4.69, 9.17) is 0 Å². The number of nitrogens with zero attached hydrogens (tertiary/aromatic N) is 1. The lowest BCUT2D eigenvalue weighted by molar-refractivity contribution is 0.0128. The van der Waals surface area contributed by atoms with Gasteiger partial charge >= 0.3 is 0 Å². The second kappa shape index (κ2) is 4.63. The summed E-state index contributed by atoms with van der Waals surface area (Å²) in [6.07, 6.45) is 3.90. The highest BCUT2D eigenvalue weighted by atomic mass is 15.2. The summed E-state index contributed by atoms with van der Waals surface area (Å²) < 4.78 is 0. The van der Waals surface area contributed by atoms with Crippen LogP contribution in [0.25, 0.3) is 0 Å². The Balaban J connectivity index is 2.74. The molecular weight excluding hydrogens is 172 g/mol. The number of hydrogen-bond acceptors (Lipinski definition) is 2. The molecule has 1 heterocycles. The predicted octanol–water partition coefficient (Wildman–Crippen LogP) is 2.25. The topological polar surface area (TPSA) is 15.3 Å². The van der Waals surface area contributed by atoms with Crippen molar-refractivity contribution >= 4 is 0 Å². The van der Waals surface area contributed by atoms with E-state index in [1.54, 1.807) is 0 Å². The van der Waals surface area contributed by atoms with Gasteiger partial charge in [0, 0.05) is 17.6 Å². The van der Waals surface area contributed by atoms with Gasteiger partial charge in [-0.3, -0.25) is 4.90 Å². The molecule has 14 heavy (non-hydrogen) atoms. The van der Waals surface area contributed by atoms with E-state index >= 15 is 0 Å². The second-order valence-electron chi connectivity index (χ2n) is 5.09. The Morgan fingerprint density at radius 3 is 2.64 bits per heavy atom. The van der Waals surface area contributed by atoms with Crippen molar-refractivity contribution in [2.45, 2.75) is 64.6 Å². The molecule has 1 aliphatic rings. The monoisotopic (exact) mass is 198 g/mol. The van der Waals surface area contributed by atoms with Gasteiger partial charge in [0.1, 0.15) is 0 Å². The Morgan fingerprint density at radius 1 is 1.50 bits per heavy atom. The first-order chi connectivity index (χ1) is 6.54. The zero-order chi connectivity index (χ0) is 10.8. The zero-order valence-electron chi connectivity index (χ0n) is 10.4. The largest absolute Gasteiger partial charge is 0.315 e. The van der Waals surface area contributed by atoms with Crippen molar-refractivity contribution in [2.24, 2.45) is 0 Å². The van der Waals surface area contributed by atoms with Crippen LogP contribution in [-0.4, -0.2) is 36.1 Å². The molecule has 0 radical (unpaired) electrons. The molecule has 2 atom stereocenters. The summed E-state index contributed by atoms with van der Waals surface area (Å²) in [4.78, 5) is 2.66. The molecule has 0 saturated carbocycles. The molecule has 0 aromatic heterocycles. The molecule has 0 aromatic carbocycles. The highest BCUT2D eigenvalue weighted by Gasteiger charge is 2.39. The lowest BCUT2D eigenvalue weighted by atomic mass is 9.83. The fraction of sp³-hybridized carbons (Fsp3) is 1.00. The van der Waals surface area contributed by atoms with Crippen LogP contribution in [0.4, 0.5) is 0 Å². The molecule has 2 unspecified atom stereocenters. The van der Waals surface area contributed by atoms with Gasteiger partial charge in [0.15, 0.2) is 0 Å². The number of piperidine rings is 1. The first-order valence-electron chi connectivity index (χ1n) is 5.98. The van der Waals surface area contributed by atoms with Gasteiger partial charge in [0.05, 0.1) is 0 Å². The summed E-state index contributed by atoms with van der Waals surface area (Å²) in [5, 5.41) is 3.46. The van der Waals surface area contributed by atoms with Gasteiger partial charge in [0.2, 0.25) is 0 Å². The van der Waals surface area contributed by atoms with Crippen molar-refractivity contribution in [1.82, 2.24) is 10.2 Å². The van der Waals surface area contributed by atoms with Crippen LogP contribution in [0.1, 0.15) is 47.0 Å². The van der Waals surface area contributed by atoms with Gasteiger partial charge in [0.25, 0.3) is 0 Å². The van der Waals surface area contributed by atoms with Gasteiger partial charge in [-0.15, -0.1) is 0 Å². The smallest absolute Gasteiger partial charge is 0.0308 e. The first kappa shape index (κ1) is 12.0. The first-order valence-corrected chi connectivity index (χ1v) is 5.98. The number of nitrogens with one attached hydrogen (secondary N) is 1. The van der Waals surface area contributed by atoms with Crippen molar-refractivity contribution in [3.8, 4) is 0 Å². The molecule has 1 fully saturated rings. The van der Waals surface area contributed by atoms with E-state index < -0.39 is 0 Å². The molecule has 2 nitrogen and oxygen atoms in total. The van der Waals surface area contributed by atoms with Crippen molar-refractivity contribution in [1.29, 1.82) is 0 Å². The molecule has 0 amide bonds. The molecule has 0 bridgehead atoms. The molecule has 84 valence electrons. The fourth-order valence-corrected chi connectivity index (χ4v) is 2.81. The maximum atomic E-state index is 3.46. The fourth-order valence-electron chi connectivity index (χ4n) is 2.81. The Morgan fingerprint density at radius 2 is 2.14 bits per heavy atom. The third-order valence-corrected chi connectivity index (χ3v) is 3.96. The Kier molecular flexibility index (Phi) is 3.96. The van der Waals surface area contributed by atoms with Crippen LogP contribution in [0, 0.1) is 0 Å². The average Bonchev–Trinajstić information content (AvgIpc) is 2.16. The van der Waals surface area contributed by atoms with Crippen molar-refractivity contribution in [3.05, 3.63) is 0 Å². The lowest BCUT2D eigenvalue weighted by Crippen LogP contribution is -2.62. The standard InChI is InChI=1S/C12H26N2/c1-6-10(2)14-9-7-8-11(13-5)12(14,3)4/h10-11,13H,6-9H2,1-5H3. The maximum Gasteiger partial charge on any atom is 0.0308 e. The molecule has 0 spiro atoms. The van der Waals surface area contributed by atoms with Crippen LogP contribution in [0.2, 0.25) is 0 Å². The van der Waals surface area contributed by atoms with Crippen LogP contribution < -0.4 is 5.32 Å². The van der Waals surface area contributed by atoms with Gasteiger partial charge < -0.3 is 5.32 Å². The normalized spacial score (nSPS) is 30.2. The second-order valence-corrected chi connectivity index (χ2v) is 5.09. The van der Waals surface area contributed by atoms with E-state index in [2.05, 4.69) is 45.0 Å². The molecule has 1 rings (SSSR count). The average molecular weight is 198 g/mol. The summed E-state index contributed by atoms with van der Waals surface area (Å²) in [5.74, 6) is 0. The summed E-state index contributed by atoms with van der Waals surface area (Å²) in [6, 6.07) is 1.35. The number of hydrogen-bond donors (Lipinski definition) is 1. The summed E-state index contributed by atoms with van der Waals surface area (Å²) >= 11 is 0. The van der Waals surface area contributed by atoms with Crippen LogP contribution in [0.15, 0.2) is 0 Å². The highest BCUT2D eigenvalue weighted by Crippen LogP contribution is 2.30. The van der Waals surface area contributed by atoms with E-state index in [1.807, 2.05) is 0 Å². The number of rotatable bonds is 3. The lowest BCUT2D eigenvalue weighted by Gasteiger charge is -2.50. The van der Waals surface area contributed by atoms with E-state index in [0.717, 1.165) is 0 Å². The van der Waals surface area contributed by atoms with Crippen LogP contribution in [0.5, 0.6) is 0 Å². The molecule has 1 saturated heterocycles. The Hall–Kier alpha value is -0.0800. The van der Waals surface area contributed by atoms with E-state index in [0.29, 0.717) is 17.6 Å². The molecule has 0 aromatic rings. The van der Waals surface area contributed by atoms with Gasteiger partial charge in [-0.1, -0.05) is 6.92 Å². The molecule has 1 N–H and O–H groups in total. The van der Waals surface area contributed by atoms with E-state index in [-0.39, 0.29) is 0 Å². The third-order valence-electron chi connectivity index (χ3n) is 3.96. The maximum absolute atomic E-state index is 3.46. The van der Waals surface area contributed by atoms with Crippen molar-refractivity contribution < 1.29 is 0 Å². The quantitative estimate of drug-likeness (QED) is 0.748. The van der Waals surface area contributed by atoms with Crippen LogP contribution in [0.3, 0.4) is 0 Å². The molecule has 0 aliphatic carbocycles. The minimum atomic E-state index is 0.308. The minimum absolute atomic E-state index is 0.308. The number of likely N-dealkylation sites (tertiary alicyclic amines) is 1. The third kappa shape index (κ3) is 2.12. The van der Waals surface area contributed by atoms with Crippen molar-refractivity contribution in [3.63, 3.8) is 0 Å². The van der Waals surface area contributed by atoms with Gasteiger partial charge in [-0.2, -0.15) is 0 Å². The van der Waals surface area contributed by atoms with Crippen LogP contribution >= 0.6 is 0 Å². The summed E-state index contributed by atoms with van der Waals surface area (Å²) in [5.41, 5.74) is 0.308. The van der Waals surface area contributed by atoms with Crippen molar-refractivity contribution in [2.75, 3.05) is 13.6 Å². The predicted molar refractivity (Wildman–Crippen MR) is 62.6 cm³/mol. The molecule has 2 heteroatoms. The van der Waals surface area contributed by atoms with Gasteiger partial charge in [-0.05, 0) is 53.6 Å². The summed E-state index contributed by atoms with van der Waals surface area (Å²) in [6.45, 7) is 10.6. The Labute approximate surface area is 89.1 Å². The minimum Gasteiger partial charge on any atom is -0.315 e. The van der Waals surface area contributed by atoms with Gasteiger partial charge in [-0.25, -0.2) is 0 Å². The summed E-state index contributed by atoms with van der Waals surface area (Å²) in [7, 11) is 2.09. The molecular formula is C12H26N2. The van der Waals surface area contributed by atoms with E-state index in [1.165, 1.54) is 25.8 Å². The Bertz CT molecular complexity index is 177. The van der Waals surface area contributed by atoms with Crippen LogP contribution in [-0.2, 0) is 0 Å². The van der Waals surface area contributed by atoms with E-state index in [9.17, 15) is 0 Å². The highest BCUT2D eigenvalue weighted by molar-refractivity contribution is 4.98.